The zero-order valence-corrected chi connectivity index (χ0v) is 14.4. The largest absolute Gasteiger partial charge is 0.481 e. The number of methoxy groups -OCH3 is 1. The maximum atomic E-state index is 12.8. The molecule has 1 saturated carbocycles. The second-order valence-electron chi connectivity index (χ2n) is 6.56. The van der Waals surface area contributed by atoms with Gasteiger partial charge in [-0.2, -0.15) is 0 Å². The lowest BCUT2D eigenvalue weighted by Crippen LogP contribution is -2.41. The SMILES string of the molecule is COc1ccc([C@H](NC(=O)c2cn3ccccc3n2)C2CC(O)C2)cn1. The number of pyridine rings is 2. The molecular formula is C19H20N4O3. The Labute approximate surface area is 150 Å². The lowest BCUT2D eigenvalue weighted by molar-refractivity contribution is 0.0234. The number of nitrogens with one attached hydrogen (secondary N) is 1. The van der Waals surface area contributed by atoms with Crippen molar-refractivity contribution in [1.82, 2.24) is 19.7 Å². The number of ether oxygens (including phenoxy) is 1. The highest BCUT2D eigenvalue weighted by molar-refractivity contribution is 5.93. The molecule has 0 bridgehead atoms. The summed E-state index contributed by atoms with van der Waals surface area (Å²) in [5.74, 6) is 0.449. The minimum atomic E-state index is -0.305. The molecule has 26 heavy (non-hydrogen) atoms. The minimum Gasteiger partial charge on any atom is -0.481 e. The van der Waals surface area contributed by atoms with Crippen molar-refractivity contribution in [1.29, 1.82) is 0 Å². The number of aliphatic hydroxyl groups excluding tert-OH is 1. The van der Waals surface area contributed by atoms with Crippen molar-refractivity contribution >= 4 is 11.6 Å². The number of imidazole rings is 1. The van der Waals surface area contributed by atoms with E-state index >= 15 is 0 Å². The van der Waals surface area contributed by atoms with E-state index in [4.69, 9.17) is 4.74 Å². The number of fused-ring (bicyclic) bond motifs is 1. The zero-order valence-electron chi connectivity index (χ0n) is 14.4. The highest BCUT2D eigenvalue weighted by atomic mass is 16.5. The molecule has 1 aliphatic rings. The third-order valence-corrected chi connectivity index (χ3v) is 4.83. The van der Waals surface area contributed by atoms with Gasteiger partial charge in [-0.25, -0.2) is 9.97 Å². The number of hydrogen-bond donors (Lipinski definition) is 2. The van der Waals surface area contributed by atoms with Crippen LogP contribution in [0.4, 0.5) is 0 Å². The molecule has 1 atom stereocenters. The van der Waals surface area contributed by atoms with Crippen LogP contribution < -0.4 is 10.1 Å². The summed E-state index contributed by atoms with van der Waals surface area (Å²) in [5.41, 5.74) is 1.97. The topological polar surface area (TPSA) is 88.8 Å². The monoisotopic (exact) mass is 352 g/mol. The first kappa shape index (κ1) is 16.5. The van der Waals surface area contributed by atoms with Crippen molar-refractivity contribution in [3.63, 3.8) is 0 Å². The second-order valence-corrected chi connectivity index (χ2v) is 6.56. The summed E-state index contributed by atoms with van der Waals surface area (Å²) in [5, 5.41) is 12.7. The number of rotatable bonds is 5. The summed E-state index contributed by atoms with van der Waals surface area (Å²) in [6.45, 7) is 0. The number of aliphatic hydroxyl groups is 1. The number of carbonyl (C=O) groups excluding carboxylic acids is 1. The highest BCUT2D eigenvalue weighted by Crippen LogP contribution is 2.38. The van der Waals surface area contributed by atoms with Crippen LogP contribution in [0.25, 0.3) is 5.65 Å². The summed E-state index contributed by atoms with van der Waals surface area (Å²) in [6.07, 6.45) is 6.28. The van der Waals surface area contributed by atoms with Crippen molar-refractivity contribution in [2.45, 2.75) is 25.0 Å². The number of carbonyl (C=O) groups is 1. The number of hydrogen-bond acceptors (Lipinski definition) is 5. The Kier molecular flexibility index (Phi) is 4.30. The van der Waals surface area contributed by atoms with Crippen LogP contribution in [0, 0.1) is 5.92 Å². The molecule has 3 aromatic rings. The van der Waals surface area contributed by atoms with Crippen LogP contribution in [0.2, 0.25) is 0 Å². The van der Waals surface area contributed by atoms with E-state index in [0.29, 0.717) is 24.4 Å². The van der Waals surface area contributed by atoms with Gasteiger partial charge in [0, 0.05) is 24.7 Å². The molecule has 0 unspecified atom stereocenters. The Morgan fingerprint density at radius 3 is 2.85 bits per heavy atom. The number of amides is 1. The number of nitrogens with zero attached hydrogens (tertiary/aromatic N) is 3. The average molecular weight is 352 g/mol. The molecule has 0 aromatic carbocycles. The standard InChI is InChI=1S/C19H20N4O3/c1-26-17-6-5-12(10-20-17)18(13-8-14(24)9-13)22-19(25)15-11-23-7-3-2-4-16(23)21-15/h2-7,10-11,13-14,18,24H,8-9H2,1H3,(H,22,25)/t13?,14?,18-/m0/s1. The first-order valence-electron chi connectivity index (χ1n) is 8.56. The normalized spacial score (nSPS) is 20.4. The van der Waals surface area contributed by atoms with Gasteiger partial charge in [0.25, 0.3) is 5.91 Å². The third kappa shape index (κ3) is 3.13. The van der Waals surface area contributed by atoms with E-state index in [0.717, 1.165) is 11.2 Å². The Balaban J connectivity index is 1.58. The summed E-state index contributed by atoms with van der Waals surface area (Å²) < 4.78 is 6.91. The molecule has 0 aliphatic heterocycles. The predicted molar refractivity (Wildman–Crippen MR) is 94.9 cm³/mol. The molecule has 134 valence electrons. The molecule has 1 fully saturated rings. The van der Waals surface area contributed by atoms with Crippen LogP contribution in [-0.2, 0) is 0 Å². The van der Waals surface area contributed by atoms with Gasteiger partial charge in [-0.05, 0) is 36.5 Å². The van der Waals surface area contributed by atoms with Gasteiger partial charge in [-0.3, -0.25) is 4.79 Å². The molecule has 1 aliphatic carbocycles. The fourth-order valence-corrected chi connectivity index (χ4v) is 3.33. The van der Waals surface area contributed by atoms with E-state index in [-0.39, 0.29) is 24.0 Å². The molecule has 7 heteroatoms. The highest BCUT2D eigenvalue weighted by Gasteiger charge is 2.36. The van der Waals surface area contributed by atoms with E-state index in [1.54, 1.807) is 25.6 Å². The molecule has 3 heterocycles. The smallest absolute Gasteiger partial charge is 0.272 e. The Hall–Kier alpha value is -2.93. The van der Waals surface area contributed by atoms with Gasteiger partial charge in [0.2, 0.25) is 5.88 Å². The molecule has 1 amide bonds. The van der Waals surface area contributed by atoms with Crippen LogP contribution in [0.3, 0.4) is 0 Å². The van der Waals surface area contributed by atoms with Crippen LogP contribution in [0.5, 0.6) is 5.88 Å². The first-order valence-corrected chi connectivity index (χ1v) is 8.56. The van der Waals surface area contributed by atoms with Gasteiger partial charge in [0.05, 0.1) is 19.3 Å². The van der Waals surface area contributed by atoms with Crippen molar-refractivity contribution in [2.75, 3.05) is 7.11 Å². The quantitative estimate of drug-likeness (QED) is 0.733. The average Bonchev–Trinajstić information content (AvgIpc) is 3.08. The Bertz CT molecular complexity index is 883. The van der Waals surface area contributed by atoms with Gasteiger partial charge in [-0.1, -0.05) is 12.1 Å². The fourth-order valence-electron chi connectivity index (χ4n) is 3.33. The van der Waals surface area contributed by atoms with Crippen LogP contribution in [0.1, 0.15) is 34.9 Å². The van der Waals surface area contributed by atoms with E-state index in [2.05, 4.69) is 15.3 Å². The summed E-state index contributed by atoms with van der Waals surface area (Å²) in [6, 6.07) is 9.06. The molecule has 0 radical (unpaired) electrons. The van der Waals surface area contributed by atoms with Crippen molar-refractivity contribution in [2.24, 2.45) is 5.92 Å². The third-order valence-electron chi connectivity index (χ3n) is 4.83. The maximum Gasteiger partial charge on any atom is 0.272 e. The van der Waals surface area contributed by atoms with Crippen LogP contribution in [-0.4, -0.2) is 38.6 Å². The molecule has 0 saturated heterocycles. The van der Waals surface area contributed by atoms with Gasteiger partial charge in [-0.15, -0.1) is 0 Å². The van der Waals surface area contributed by atoms with E-state index in [1.165, 1.54) is 0 Å². The van der Waals surface area contributed by atoms with E-state index < -0.39 is 0 Å². The van der Waals surface area contributed by atoms with Crippen molar-refractivity contribution in [3.05, 3.63) is 60.2 Å². The lowest BCUT2D eigenvalue weighted by Gasteiger charge is -2.38. The van der Waals surface area contributed by atoms with E-state index in [1.807, 2.05) is 34.9 Å². The van der Waals surface area contributed by atoms with Crippen LogP contribution >= 0.6 is 0 Å². The van der Waals surface area contributed by atoms with Gasteiger partial charge < -0.3 is 19.6 Å². The van der Waals surface area contributed by atoms with Crippen LogP contribution in [0.15, 0.2) is 48.9 Å². The lowest BCUT2D eigenvalue weighted by atomic mass is 9.75. The van der Waals surface area contributed by atoms with Crippen molar-refractivity contribution in [3.8, 4) is 5.88 Å². The minimum absolute atomic E-state index is 0.168. The first-order chi connectivity index (χ1) is 12.6. The molecular weight excluding hydrogens is 332 g/mol. The summed E-state index contributed by atoms with van der Waals surface area (Å²) >= 11 is 0. The number of aromatic nitrogens is 3. The van der Waals surface area contributed by atoms with Crippen molar-refractivity contribution < 1.29 is 14.6 Å². The molecule has 3 aromatic heterocycles. The molecule has 7 nitrogen and oxygen atoms in total. The Morgan fingerprint density at radius 2 is 2.19 bits per heavy atom. The van der Waals surface area contributed by atoms with Gasteiger partial charge in [0.1, 0.15) is 11.3 Å². The summed E-state index contributed by atoms with van der Waals surface area (Å²) in [4.78, 5) is 21.4. The predicted octanol–water partition coefficient (Wildman–Crippen LogP) is 1.98. The van der Waals surface area contributed by atoms with E-state index in [9.17, 15) is 9.90 Å². The molecule has 2 N–H and O–H groups in total. The van der Waals surface area contributed by atoms with Gasteiger partial charge in [0.15, 0.2) is 0 Å². The maximum absolute atomic E-state index is 12.8. The Morgan fingerprint density at radius 1 is 1.35 bits per heavy atom. The molecule has 4 rings (SSSR count). The summed E-state index contributed by atoms with van der Waals surface area (Å²) in [7, 11) is 1.56. The fraction of sp³-hybridized carbons (Fsp3) is 0.316. The zero-order chi connectivity index (χ0) is 18.1. The molecule has 0 spiro atoms. The second kappa shape index (κ2) is 6.76. The van der Waals surface area contributed by atoms with Gasteiger partial charge >= 0.3 is 0 Å².